The molecule has 1 aromatic heterocycles. The van der Waals surface area contributed by atoms with Crippen molar-refractivity contribution >= 4 is 5.82 Å². The quantitative estimate of drug-likeness (QED) is 0.582. The van der Waals surface area contributed by atoms with E-state index in [2.05, 4.69) is 15.4 Å². The van der Waals surface area contributed by atoms with E-state index in [1.54, 1.807) is 6.07 Å². The Morgan fingerprint density at radius 2 is 2.47 bits per heavy atom. The first-order valence-electron chi connectivity index (χ1n) is 5.78. The maximum Gasteiger partial charge on any atom is 0.156 e. The minimum atomic E-state index is 0.229. The van der Waals surface area contributed by atoms with Gasteiger partial charge in [-0.3, -0.25) is 0 Å². The maximum atomic E-state index is 5.54. The summed E-state index contributed by atoms with van der Waals surface area (Å²) in [6, 6.07) is 1.78. The van der Waals surface area contributed by atoms with Gasteiger partial charge < -0.3 is 14.9 Å². The van der Waals surface area contributed by atoms with Crippen LogP contribution in [0.5, 0.6) is 0 Å². The maximum absolute atomic E-state index is 5.54. The van der Waals surface area contributed by atoms with Crippen molar-refractivity contribution < 1.29 is 9.47 Å². The van der Waals surface area contributed by atoms with E-state index < -0.39 is 0 Å². The van der Waals surface area contributed by atoms with Crippen molar-refractivity contribution in [2.75, 3.05) is 18.6 Å². The SMILES string of the molecule is Cc1cc(NN)nc(COCC2CCCO2)n1. The van der Waals surface area contributed by atoms with Crippen LogP contribution in [-0.4, -0.2) is 29.3 Å². The normalized spacial score (nSPS) is 19.5. The summed E-state index contributed by atoms with van der Waals surface area (Å²) in [6.07, 6.45) is 2.42. The smallest absolute Gasteiger partial charge is 0.156 e. The highest BCUT2D eigenvalue weighted by molar-refractivity contribution is 5.33. The summed E-state index contributed by atoms with van der Waals surface area (Å²) in [7, 11) is 0. The summed E-state index contributed by atoms with van der Waals surface area (Å²) in [5.41, 5.74) is 3.37. The minimum Gasteiger partial charge on any atom is -0.376 e. The number of hydrazine groups is 1. The fourth-order valence-electron chi connectivity index (χ4n) is 1.83. The Hall–Kier alpha value is -1.24. The van der Waals surface area contributed by atoms with Crippen LogP contribution in [0.2, 0.25) is 0 Å². The average molecular weight is 238 g/mol. The third kappa shape index (κ3) is 3.62. The molecule has 1 unspecified atom stereocenters. The second kappa shape index (κ2) is 5.90. The summed E-state index contributed by atoms with van der Waals surface area (Å²) in [5, 5.41) is 0. The molecule has 0 spiro atoms. The van der Waals surface area contributed by atoms with Gasteiger partial charge in [-0.25, -0.2) is 15.8 Å². The number of ether oxygens (including phenoxy) is 2. The Bertz CT molecular complexity index is 366. The second-order valence-electron chi connectivity index (χ2n) is 4.11. The topological polar surface area (TPSA) is 82.3 Å². The van der Waals surface area contributed by atoms with Gasteiger partial charge in [-0.15, -0.1) is 0 Å². The van der Waals surface area contributed by atoms with Gasteiger partial charge in [0.1, 0.15) is 12.4 Å². The highest BCUT2D eigenvalue weighted by Crippen LogP contribution is 2.12. The molecule has 0 aromatic carbocycles. The Kier molecular flexibility index (Phi) is 4.24. The molecule has 17 heavy (non-hydrogen) atoms. The predicted molar refractivity (Wildman–Crippen MR) is 63.2 cm³/mol. The van der Waals surface area contributed by atoms with Crippen molar-refractivity contribution in [3.63, 3.8) is 0 Å². The molecule has 0 aliphatic carbocycles. The molecule has 1 aliphatic rings. The lowest BCUT2D eigenvalue weighted by molar-refractivity contribution is 0.00863. The molecule has 94 valence electrons. The first-order chi connectivity index (χ1) is 8.28. The lowest BCUT2D eigenvalue weighted by Crippen LogP contribution is -2.15. The van der Waals surface area contributed by atoms with Crippen LogP contribution in [0.15, 0.2) is 6.07 Å². The zero-order valence-electron chi connectivity index (χ0n) is 9.98. The van der Waals surface area contributed by atoms with Crippen LogP contribution in [0.25, 0.3) is 0 Å². The van der Waals surface area contributed by atoms with Gasteiger partial charge in [0.2, 0.25) is 0 Å². The van der Waals surface area contributed by atoms with Gasteiger partial charge in [0.15, 0.2) is 5.82 Å². The van der Waals surface area contributed by atoms with Crippen LogP contribution in [0.3, 0.4) is 0 Å². The number of rotatable bonds is 5. The molecular weight excluding hydrogens is 220 g/mol. The van der Waals surface area contributed by atoms with Gasteiger partial charge >= 0.3 is 0 Å². The number of nitrogens with one attached hydrogen (secondary N) is 1. The van der Waals surface area contributed by atoms with E-state index >= 15 is 0 Å². The van der Waals surface area contributed by atoms with Crippen LogP contribution < -0.4 is 11.3 Å². The highest BCUT2D eigenvalue weighted by Gasteiger charge is 2.15. The van der Waals surface area contributed by atoms with Crippen LogP contribution in [0.1, 0.15) is 24.4 Å². The molecule has 0 bridgehead atoms. The number of hydrogen-bond donors (Lipinski definition) is 2. The third-order valence-electron chi connectivity index (χ3n) is 2.61. The molecule has 2 heterocycles. The van der Waals surface area contributed by atoms with E-state index in [1.807, 2.05) is 6.92 Å². The van der Waals surface area contributed by atoms with Crippen LogP contribution in [0.4, 0.5) is 5.82 Å². The number of nitrogens with two attached hydrogens (primary N) is 1. The Morgan fingerprint density at radius 3 is 3.18 bits per heavy atom. The summed E-state index contributed by atoms with van der Waals surface area (Å²) in [4.78, 5) is 8.48. The van der Waals surface area contributed by atoms with E-state index in [4.69, 9.17) is 15.3 Å². The molecule has 1 aliphatic heterocycles. The number of hydrogen-bond acceptors (Lipinski definition) is 6. The summed E-state index contributed by atoms with van der Waals surface area (Å²) < 4.78 is 11.0. The molecule has 0 saturated carbocycles. The van der Waals surface area contributed by atoms with Gasteiger partial charge in [-0.2, -0.15) is 0 Å². The number of nitrogen functional groups attached to an aromatic ring is 1. The monoisotopic (exact) mass is 238 g/mol. The summed E-state index contributed by atoms with van der Waals surface area (Å²) in [6.45, 7) is 3.72. The predicted octanol–water partition coefficient (Wildman–Crippen LogP) is 0.766. The third-order valence-corrected chi connectivity index (χ3v) is 2.61. The largest absolute Gasteiger partial charge is 0.376 e. The zero-order valence-corrected chi connectivity index (χ0v) is 9.98. The van der Waals surface area contributed by atoms with Gasteiger partial charge in [-0.05, 0) is 19.8 Å². The molecule has 1 fully saturated rings. The molecule has 3 N–H and O–H groups in total. The van der Waals surface area contributed by atoms with E-state index in [9.17, 15) is 0 Å². The Morgan fingerprint density at radius 1 is 1.59 bits per heavy atom. The molecule has 0 amide bonds. The van der Waals surface area contributed by atoms with E-state index in [0.29, 0.717) is 24.9 Å². The van der Waals surface area contributed by atoms with Crippen molar-refractivity contribution in [1.82, 2.24) is 9.97 Å². The Labute approximate surface area is 101 Å². The van der Waals surface area contributed by atoms with Gasteiger partial charge in [-0.1, -0.05) is 0 Å². The molecule has 2 rings (SSSR count). The van der Waals surface area contributed by atoms with E-state index in [0.717, 1.165) is 25.1 Å². The first-order valence-corrected chi connectivity index (χ1v) is 5.78. The lowest BCUT2D eigenvalue weighted by Gasteiger charge is -2.10. The van der Waals surface area contributed by atoms with Gasteiger partial charge in [0.25, 0.3) is 0 Å². The lowest BCUT2D eigenvalue weighted by atomic mass is 10.2. The zero-order chi connectivity index (χ0) is 12.1. The molecule has 6 nitrogen and oxygen atoms in total. The average Bonchev–Trinajstić information content (AvgIpc) is 2.81. The van der Waals surface area contributed by atoms with Crippen molar-refractivity contribution in [3.8, 4) is 0 Å². The molecule has 6 heteroatoms. The van der Waals surface area contributed by atoms with Crippen molar-refractivity contribution in [3.05, 3.63) is 17.6 Å². The number of aromatic nitrogens is 2. The molecule has 1 aromatic rings. The van der Waals surface area contributed by atoms with Gasteiger partial charge in [0.05, 0.1) is 12.7 Å². The first kappa shape index (κ1) is 12.2. The van der Waals surface area contributed by atoms with E-state index in [-0.39, 0.29) is 6.10 Å². The van der Waals surface area contributed by atoms with Crippen LogP contribution in [0, 0.1) is 6.92 Å². The number of aryl methyl sites for hydroxylation is 1. The van der Waals surface area contributed by atoms with Gasteiger partial charge in [0, 0.05) is 18.4 Å². The summed E-state index contributed by atoms with van der Waals surface area (Å²) in [5.74, 6) is 6.55. The van der Waals surface area contributed by atoms with Crippen molar-refractivity contribution in [1.29, 1.82) is 0 Å². The molecule has 1 atom stereocenters. The van der Waals surface area contributed by atoms with E-state index in [1.165, 1.54) is 0 Å². The molecule has 0 radical (unpaired) electrons. The molecular formula is C11H18N4O2. The fourth-order valence-corrected chi connectivity index (χ4v) is 1.83. The standard InChI is InChI=1S/C11H18N4O2/c1-8-5-10(15-12)14-11(13-8)7-16-6-9-3-2-4-17-9/h5,9H,2-4,6-7,12H2,1H3,(H,13,14,15). The van der Waals surface area contributed by atoms with Crippen molar-refractivity contribution in [2.24, 2.45) is 5.84 Å². The highest BCUT2D eigenvalue weighted by atomic mass is 16.5. The number of nitrogens with zero attached hydrogens (tertiary/aromatic N) is 2. The van der Waals surface area contributed by atoms with Crippen LogP contribution >= 0.6 is 0 Å². The number of anilines is 1. The van der Waals surface area contributed by atoms with Crippen LogP contribution in [-0.2, 0) is 16.1 Å². The molecule has 1 saturated heterocycles. The fraction of sp³-hybridized carbons (Fsp3) is 0.636. The Balaban J connectivity index is 1.83. The van der Waals surface area contributed by atoms with Crippen molar-refractivity contribution in [2.45, 2.75) is 32.5 Å². The minimum absolute atomic E-state index is 0.229. The second-order valence-corrected chi connectivity index (χ2v) is 4.11. The summed E-state index contributed by atoms with van der Waals surface area (Å²) >= 11 is 0.